The van der Waals surface area contributed by atoms with Crippen LogP contribution in [0.2, 0.25) is 0 Å². The minimum Gasteiger partial charge on any atom is -0.386 e. The maximum absolute atomic E-state index is 10.5. The molecular formula is C22H22N4OS. The summed E-state index contributed by atoms with van der Waals surface area (Å²) in [4.78, 5) is 9.69. The van der Waals surface area contributed by atoms with Crippen LogP contribution < -0.4 is 10.6 Å². The molecule has 3 N–H and O–H groups in total. The normalized spacial score (nSPS) is 13.0. The van der Waals surface area contributed by atoms with Crippen LogP contribution in [0.3, 0.4) is 0 Å². The van der Waals surface area contributed by atoms with Crippen molar-refractivity contribution in [1.82, 2.24) is 15.6 Å². The Labute approximate surface area is 167 Å². The van der Waals surface area contributed by atoms with Crippen molar-refractivity contribution in [1.29, 1.82) is 0 Å². The largest absolute Gasteiger partial charge is 0.386 e. The Bertz CT molecular complexity index is 1080. The summed E-state index contributed by atoms with van der Waals surface area (Å²) in [5, 5.41) is 19.3. The zero-order valence-electron chi connectivity index (χ0n) is 15.6. The first kappa shape index (κ1) is 18.4. The fraction of sp³-hybridized carbons (Fsp3) is 0.182. The van der Waals surface area contributed by atoms with E-state index < -0.39 is 6.10 Å². The Morgan fingerprint density at radius 1 is 1.07 bits per heavy atom. The van der Waals surface area contributed by atoms with Gasteiger partial charge in [-0.3, -0.25) is 9.98 Å². The van der Waals surface area contributed by atoms with Gasteiger partial charge in [0.05, 0.1) is 5.52 Å². The molecule has 0 aliphatic heterocycles. The first-order valence-corrected chi connectivity index (χ1v) is 10.00. The van der Waals surface area contributed by atoms with Gasteiger partial charge >= 0.3 is 0 Å². The number of hydrogen-bond donors (Lipinski definition) is 3. The quantitative estimate of drug-likeness (QED) is 0.358. The molecule has 1 atom stereocenters. The smallest absolute Gasteiger partial charge is 0.191 e. The van der Waals surface area contributed by atoms with Crippen molar-refractivity contribution in [2.24, 2.45) is 4.99 Å². The maximum Gasteiger partial charge on any atom is 0.191 e. The van der Waals surface area contributed by atoms with Crippen molar-refractivity contribution < 1.29 is 5.11 Å². The summed E-state index contributed by atoms with van der Waals surface area (Å²) in [6.45, 7) is 0.993. The number of para-hydroxylation sites is 1. The van der Waals surface area contributed by atoms with Gasteiger partial charge in [0, 0.05) is 41.3 Å². The highest BCUT2D eigenvalue weighted by atomic mass is 32.1. The molecule has 4 aromatic rings. The summed E-state index contributed by atoms with van der Waals surface area (Å²) in [6.07, 6.45) is 1.22. The zero-order valence-corrected chi connectivity index (χ0v) is 16.4. The molecule has 1 unspecified atom stereocenters. The van der Waals surface area contributed by atoms with E-state index in [1.807, 2.05) is 30.3 Å². The highest BCUT2D eigenvalue weighted by Crippen LogP contribution is 2.29. The summed E-state index contributed by atoms with van der Waals surface area (Å²) >= 11 is 1.62. The average Bonchev–Trinajstić information content (AvgIpc) is 3.18. The van der Waals surface area contributed by atoms with Gasteiger partial charge in [-0.25, -0.2) is 0 Å². The van der Waals surface area contributed by atoms with Gasteiger partial charge in [0.25, 0.3) is 0 Å². The third kappa shape index (κ3) is 3.98. The third-order valence-electron chi connectivity index (χ3n) is 4.62. The fourth-order valence-electron chi connectivity index (χ4n) is 3.17. The molecule has 0 bridgehead atoms. The van der Waals surface area contributed by atoms with Gasteiger partial charge in [-0.15, -0.1) is 11.3 Å². The Morgan fingerprint density at radius 2 is 1.89 bits per heavy atom. The first-order valence-electron chi connectivity index (χ1n) is 9.18. The number of fused-ring (bicyclic) bond motifs is 2. The molecule has 0 aliphatic carbocycles. The van der Waals surface area contributed by atoms with E-state index in [1.54, 1.807) is 24.6 Å². The molecule has 0 aliphatic rings. The molecule has 28 heavy (non-hydrogen) atoms. The maximum atomic E-state index is 10.5. The minimum absolute atomic E-state index is 0.389. The van der Waals surface area contributed by atoms with Gasteiger partial charge in [0.2, 0.25) is 0 Å². The number of nitrogens with zero attached hydrogens (tertiary/aromatic N) is 2. The topological polar surface area (TPSA) is 69.5 Å². The van der Waals surface area contributed by atoms with Gasteiger partial charge in [-0.1, -0.05) is 42.5 Å². The first-order chi connectivity index (χ1) is 13.7. The number of guanidine groups is 1. The lowest BCUT2D eigenvalue weighted by molar-refractivity contribution is 0.184. The Morgan fingerprint density at radius 3 is 2.75 bits per heavy atom. The average molecular weight is 391 g/mol. The molecule has 6 heteroatoms. The molecule has 0 amide bonds. The number of nitrogens with one attached hydrogen (secondary N) is 2. The highest BCUT2D eigenvalue weighted by molar-refractivity contribution is 7.19. The summed E-state index contributed by atoms with van der Waals surface area (Å²) in [6, 6.07) is 20.3. The van der Waals surface area contributed by atoms with Gasteiger partial charge in [0.1, 0.15) is 6.10 Å². The number of aliphatic hydroxyl groups is 1. The summed E-state index contributed by atoms with van der Waals surface area (Å²) < 4.78 is 1.18. The molecule has 5 nitrogen and oxygen atoms in total. The number of aliphatic hydroxyl groups excluding tert-OH is 1. The molecule has 0 spiro atoms. The van der Waals surface area contributed by atoms with E-state index >= 15 is 0 Å². The van der Waals surface area contributed by atoms with Gasteiger partial charge in [-0.05, 0) is 29.1 Å². The molecule has 2 heterocycles. The summed E-state index contributed by atoms with van der Waals surface area (Å²) in [7, 11) is 1.72. The second-order valence-corrected chi connectivity index (χ2v) is 7.62. The molecule has 0 fully saturated rings. The lowest BCUT2D eigenvalue weighted by Gasteiger charge is -2.15. The summed E-state index contributed by atoms with van der Waals surface area (Å²) in [5.74, 6) is 0.646. The second kappa shape index (κ2) is 8.37. The molecule has 0 saturated carbocycles. The van der Waals surface area contributed by atoms with Crippen molar-refractivity contribution >= 4 is 38.3 Å². The number of aromatic nitrogens is 1. The number of aliphatic imine (C=N–C) groups is 1. The number of benzene rings is 2. The van der Waals surface area contributed by atoms with Crippen LogP contribution in [0, 0.1) is 0 Å². The van der Waals surface area contributed by atoms with Gasteiger partial charge < -0.3 is 15.7 Å². The molecule has 2 aromatic heterocycles. The highest BCUT2D eigenvalue weighted by Gasteiger charge is 2.12. The van der Waals surface area contributed by atoms with E-state index in [0.29, 0.717) is 19.0 Å². The van der Waals surface area contributed by atoms with Crippen LogP contribution in [0.25, 0.3) is 21.0 Å². The zero-order chi connectivity index (χ0) is 19.3. The summed E-state index contributed by atoms with van der Waals surface area (Å²) in [5.41, 5.74) is 2.09. The molecule has 2 aromatic carbocycles. The van der Waals surface area contributed by atoms with Crippen molar-refractivity contribution in [2.75, 3.05) is 13.6 Å². The van der Waals surface area contributed by atoms with Crippen molar-refractivity contribution in [3.8, 4) is 0 Å². The van der Waals surface area contributed by atoms with Gasteiger partial charge in [0.15, 0.2) is 5.96 Å². The number of rotatable bonds is 5. The number of hydrogen-bond acceptors (Lipinski definition) is 4. The lowest BCUT2D eigenvalue weighted by Crippen LogP contribution is -2.38. The molecule has 142 valence electrons. The molecule has 4 rings (SSSR count). The molecular weight excluding hydrogens is 368 g/mol. The van der Waals surface area contributed by atoms with E-state index in [1.165, 1.54) is 4.70 Å². The predicted octanol–water partition coefficient (Wildman–Crippen LogP) is 3.85. The van der Waals surface area contributed by atoms with Crippen LogP contribution in [0.5, 0.6) is 0 Å². The Hall–Kier alpha value is -2.96. The van der Waals surface area contributed by atoms with Crippen LogP contribution in [-0.4, -0.2) is 29.6 Å². The van der Waals surface area contributed by atoms with Crippen molar-refractivity contribution in [3.63, 3.8) is 0 Å². The third-order valence-corrected chi connectivity index (χ3v) is 5.84. The van der Waals surface area contributed by atoms with E-state index in [2.05, 4.69) is 50.9 Å². The number of pyridine rings is 1. The SMILES string of the molecule is CN=C(NCc1cccc2cccnc12)NCC(O)c1cc2ccccc2s1. The number of thiophene rings is 1. The van der Waals surface area contributed by atoms with Crippen LogP contribution in [0.15, 0.2) is 71.9 Å². The van der Waals surface area contributed by atoms with E-state index in [0.717, 1.165) is 26.7 Å². The van der Waals surface area contributed by atoms with E-state index in [9.17, 15) is 5.11 Å². The van der Waals surface area contributed by atoms with Crippen LogP contribution in [0.4, 0.5) is 0 Å². The van der Waals surface area contributed by atoms with Crippen LogP contribution in [-0.2, 0) is 6.54 Å². The Kier molecular flexibility index (Phi) is 5.50. The molecule has 0 saturated heterocycles. The second-order valence-electron chi connectivity index (χ2n) is 6.50. The van der Waals surface area contributed by atoms with Crippen LogP contribution >= 0.6 is 11.3 Å². The Balaban J connectivity index is 1.38. The standard InChI is InChI=1S/C22H22N4OS/c1-23-22(25-13-17-8-4-7-15-9-5-11-24-21(15)17)26-14-18(27)20-12-16-6-2-3-10-19(16)28-20/h2-12,18,27H,13-14H2,1H3,(H2,23,25,26). The van der Waals surface area contributed by atoms with E-state index in [4.69, 9.17) is 0 Å². The van der Waals surface area contributed by atoms with Crippen molar-refractivity contribution in [3.05, 3.63) is 77.3 Å². The van der Waals surface area contributed by atoms with E-state index in [-0.39, 0.29) is 0 Å². The van der Waals surface area contributed by atoms with Crippen molar-refractivity contribution in [2.45, 2.75) is 12.6 Å². The van der Waals surface area contributed by atoms with Crippen LogP contribution in [0.1, 0.15) is 16.5 Å². The minimum atomic E-state index is -0.588. The van der Waals surface area contributed by atoms with Gasteiger partial charge in [-0.2, -0.15) is 0 Å². The molecule has 0 radical (unpaired) electrons. The fourth-order valence-corrected chi connectivity index (χ4v) is 4.22. The predicted molar refractivity (Wildman–Crippen MR) is 117 cm³/mol. The lowest BCUT2D eigenvalue weighted by atomic mass is 10.1. The monoisotopic (exact) mass is 390 g/mol.